The van der Waals surface area contributed by atoms with Crippen molar-refractivity contribution < 1.29 is 14.3 Å². The summed E-state index contributed by atoms with van der Waals surface area (Å²) >= 11 is 0. The molecule has 4 heteroatoms. The SMILES string of the molecule is CCCOc1ccc(CNC(C)(C)CC(=O)OCC)cc1. The number of rotatable bonds is 9. The Hall–Kier alpha value is -1.55. The van der Waals surface area contributed by atoms with Crippen LogP contribution in [0.4, 0.5) is 0 Å². The van der Waals surface area contributed by atoms with E-state index in [1.807, 2.05) is 45.0 Å². The average molecular weight is 293 g/mol. The molecule has 4 nitrogen and oxygen atoms in total. The lowest BCUT2D eigenvalue weighted by Crippen LogP contribution is -2.41. The van der Waals surface area contributed by atoms with E-state index >= 15 is 0 Å². The van der Waals surface area contributed by atoms with Crippen molar-refractivity contribution in [1.29, 1.82) is 0 Å². The summed E-state index contributed by atoms with van der Waals surface area (Å²) in [7, 11) is 0. The fourth-order valence-electron chi connectivity index (χ4n) is 1.90. The average Bonchev–Trinajstić information content (AvgIpc) is 2.44. The van der Waals surface area contributed by atoms with Crippen LogP contribution in [-0.2, 0) is 16.1 Å². The van der Waals surface area contributed by atoms with Crippen molar-refractivity contribution in [3.8, 4) is 5.75 Å². The summed E-state index contributed by atoms with van der Waals surface area (Å²) in [5, 5.41) is 3.39. The first-order valence-electron chi connectivity index (χ1n) is 7.59. The molecule has 1 N–H and O–H groups in total. The Kier molecular flexibility index (Phi) is 7.23. The van der Waals surface area contributed by atoms with E-state index in [1.165, 1.54) is 0 Å². The molecule has 0 radical (unpaired) electrons. The zero-order chi connectivity index (χ0) is 15.7. The Morgan fingerprint density at radius 3 is 2.43 bits per heavy atom. The lowest BCUT2D eigenvalue weighted by Gasteiger charge is -2.25. The number of benzene rings is 1. The number of hydrogen-bond acceptors (Lipinski definition) is 4. The molecule has 0 atom stereocenters. The Morgan fingerprint density at radius 2 is 1.86 bits per heavy atom. The molecule has 0 aromatic heterocycles. The molecule has 1 aromatic carbocycles. The van der Waals surface area contributed by atoms with E-state index in [4.69, 9.17) is 9.47 Å². The third kappa shape index (κ3) is 7.14. The highest BCUT2D eigenvalue weighted by molar-refractivity contribution is 5.70. The molecule has 0 saturated carbocycles. The standard InChI is InChI=1S/C17H27NO3/c1-5-11-21-15-9-7-14(8-10-15)13-18-17(3,4)12-16(19)20-6-2/h7-10,18H,5-6,11-13H2,1-4H3. The van der Waals surface area contributed by atoms with Gasteiger partial charge in [0.2, 0.25) is 0 Å². The molecular formula is C17H27NO3. The predicted octanol–water partition coefficient (Wildman–Crippen LogP) is 3.30. The maximum atomic E-state index is 11.5. The first kappa shape index (κ1) is 17.5. The minimum Gasteiger partial charge on any atom is -0.494 e. The molecule has 0 fully saturated rings. The summed E-state index contributed by atoms with van der Waals surface area (Å²) < 4.78 is 10.5. The minimum atomic E-state index is -0.288. The molecule has 0 aliphatic carbocycles. The van der Waals surface area contributed by atoms with Crippen molar-refractivity contribution in [2.45, 2.75) is 52.6 Å². The summed E-state index contributed by atoms with van der Waals surface area (Å²) in [5.74, 6) is 0.727. The molecule has 0 heterocycles. The minimum absolute atomic E-state index is 0.168. The second-order valence-corrected chi connectivity index (χ2v) is 5.71. The van der Waals surface area contributed by atoms with Gasteiger partial charge in [0.15, 0.2) is 0 Å². The largest absolute Gasteiger partial charge is 0.494 e. The lowest BCUT2D eigenvalue weighted by atomic mass is 10.0. The smallest absolute Gasteiger partial charge is 0.307 e. The third-order valence-corrected chi connectivity index (χ3v) is 3.06. The van der Waals surface area contributed by atoms with Crippen LogP contribution in [0.1, 0.15) is 46.1 Å². The van der Waals surface area contributed by atoms with Crippen molar-refractivity contribution in [2.24, 2.45) is 0 Å². The zero-order valence-electron chi connectivity index (χ0n) is 13.6. The van der Waals surface area contributed by atoms with Crippen LogP contribution >= 0.6 is 0 Å². The Morgan fingerprint density at radius 1 is 1.19 bits per heavy atom. The van der Waals surface area contributed by atoms with E-state index in [0.29, 0.717) is 19.6 Å². The van der Waals surface area contributed by atoms with Crippen molar-refractivity contribution in [3.05, 3.63) is 29.8 Å². The topological polar surface area (TPSA) is 47.6 Å². The Labute approximate surface area is 127 Å². The summed E-state index contributed by atoms with van der Waals surface area (Å²) in [6.07, 6.45) is 1.36. The number of nitrogens with one attached hydrogen (secondary N) is 1. The molecule has 1 rings (SSSR count). The maximum absolute atomic E-state index is 11.5. The van der Waals surface area contributed by atoms with Gasteiger partial charge >= 0.3 is 5.97 Å². The molecule has 0 bridgehead atoms. The van der Waals surface area contributed by atoms with Crippen LogP contribution in [0.5, 0.6) is 5.75 Å². The van der Waals surface area contributed by atoms with Gasteiger partial charge in [-0.1, -0.05) is 19.1 Å². The molecular weight excluding hydrogens is 266 g/mol. The fraction of sp³-hybridized carbons (Fsp3) is 0.588. The Balaban J connectivity index is 2.44. The summed E-state index contributed by atoms with van der Waals surface area (Å²) in [4.78, 5) is 11.5. The number of esters is 1. The highest BCUT2D eigenvalue weighted by atomic mass is 16.5. The zero-order valence-corrected chi connectivity index (χ0v) is 13.6. The summed E-state index contributed by atoms with van der Waals surface area (Å²) in [6, 6.07) is 8.03. The van der Waals surface area contributed by atoms with E-state index in [9.17, 15) is 4.79 Å². The second-order valence-electron chi connectivity index (χ2n) is 5.71. The molecule has 118 valence electrons. The van der Waals surface area contributed by atoms with Gasteiger partial charge in [-0.3, -0.25) is 4.79 Å². The predicted molar refractivity (Wildman–Crippen MR) is 84.4 cm³/mol. The van der Waals surface area contributed by atoms with Gasteiger partial charge in [-0.25, -0.2) is 0 Å². The van der Waals surface area contributed by atoms with Crippen molar-refractivity contribution in [1.82, 2.24) is 5.32 Å². The van der Waals surface area contributed by atoms with E-state index in [1.54, 1.807) is 0 Å². The Bertz CT molecular complexity index is 426. The van der Waals surface area contributed by atoms with E-state index < -0.39 is 0 Å². The number of hydrogen-bond donors (Lipinski definition) is 1. The molecule has 0 aliphatic heterocycles. The van der Waals surface area contributed by atoms with Gasteiger partial charge in [0.25, 0.3) is 0 Å². The van der Waals surface area contributed by atoms with Crippen molar-refractivity contribution in [2.75, 3.05) is 13.2 Å². The van der Waals surface area contributed by atoms with Crippen LogP contribution in [0.3, 0.4) is 0 Å². The first-order chi connectivity index (χ1) is 9.96. The quantitative estimate of drug-likeness (QED) is 0.710. The van der Waals surface area contributed by atoms with Gasteiger partial charge in [0, 0.05) is 12.1 Å². The van der Waals surface area contributed by atoms with Gasteiger partial charge in [-0.2, -0.15) is 0 Å². The van der Waals surface area contributed by atoms with Gasteiger partial charge in [0.05, 0.1) is 19.6 Å². The number of carbonyl (C=O) groups excluding carboxylic acids is 1. The highest BCUT2D eigenvalue weighted by Gasteiger charge is 2.21. The molecule has 21 heavy (non-hydrogen) atoms. The molecule has 0 saturated heterocycles. The number of carbonyl (C=O) groups is 1. The van der Waals surface area contributed by atoms with E-state index in [-0.39, 0.29) is 11.5 Å². The monoisotopic (exact) mass is 293 g/mol. The van der Waals surface area contributed by atoms with Gasteiger partial charge in [-0.15, -0.1) is 0 Å². The van der Waals surface area contributed by atoms with Crippen molar-refractivity contribution in [3.63, 3.8) is 0 Å². The van der Waals surface area contributed by atoms with E-state index in [2.05, 4.69) is 12.2 Å². The van der Waals surface area contributed by atoms with Crippen LogP contribution in [0.25, 0.3) is 0 Å². The summed E-state index contributed by atoms with van der Waals surface area (Å²) in [6.45, 7) is 9.79. The van der Waals surface area contributed by atoms with Crippen LogP contribution in [0, 0.1) is 0 Å². The van der Waals surface area contributed by atoms with Crippen molar-refractivity contribution >= 4 is 5.97 Å². The summed E-state index contributed by atoms with van der Waals surface area (Å²) in [5.41, 5.74) is 0.875. The second kappa shape index (κ2) is 8.67. The van der Waals surface area contributed by atoms with Crippen LogP contribution in [-0.4, -0.2) is 24.7 Å². The first-order valence-corrected chi connectivity index (χ1v) is 7.59. The molecule has 0 unspecified atom stereocenters. The lowest BCUT2D eigenvalue weighted by molar-refractivity contribution is -0.144. The molecule has 1 aromatic rings. The van der Waals surface area contributed by atoms with Crippen LogP contribution in [0.2, 0.25) is 0 Å². The number of ether oxygens (including phenoxy) is 2. The highest BCUT2D eigenvalue weighted by Crippen LogP contribution is 2.15. The maximum Gasteiger partial charge on any atom is 0.307 e. The van der Waals surface area contributed by atoms with Gasteiger partial charge < -0.3 is 14.8 Å². The van der Waals surface area contributed by atoms with E-state index in [0.717, 1.165) is 24.3 Å². The van der Waals surface area contributed by atoms with Crippen LogP contribution in [0.15, 0.2) is 24.3 Å². The molecule has 0 aliphatic rings. The molecule has 0 amide bonds. The van der Waals surface area contributed by atoms with Crippen LogP contribution < -0.4 is 10.1 Å². The normalized spacial score (nSPS) is 11.2. The third-order valence-electron chi connectivity index (χ3n) is 3.06. The molecule has 0 spiro atoms. The van der Waals surface area contributed by atoms with Gasteiger partial charge in [0.1, 0.15) is 5.75 Å². The van der Waals surface area contributed by atoms with Gasteiger partial charge in [-0.05, 0) is 44.9 Å². The fourth-order valence-corrected chi connectivity index (χ4v) is 1.90.